The molecular formula is C20H16Cl2N2O2S. The zero-order valence-corrected chi connectivity index (χ0v) is 16.6. The molecule has 0 saturated carbocycles. The first-order valence-electron chi connectivity index (χ1n) is 8.53. The minimum absolute atomic E-state index is 0.263. The van der Waals surface area contributed by atoms with E-state index >= 15 is 0 Å². The second-order valence-electron chi connectivity index (χ2n) is 6.33. The number of halogens is 2. The van der Waals surface area contributed by atoms with Crippen LogP contribution >= 0.6 is 34.5 Å². The Balaban J connectivity index is 1.38. The minimum atomic E-state index is -0.263. The van der Waals surface area contributed by atoms with E-state index in [-0.39, 0.29) is 11.7 Å². The van der Waals surface area contributed by atoms with Crippen molar-refractivity contribution in [1.82, 2.24) is 4.98 Å². The number of aromatic nitrogens is 1. The highest BCUT2D eigenvalue weighted by Gasteiger charge is 2.14. The Hall–Kier alpha value is -2.08. The van der Waals surface area contributed by atoms with Crippen molar-refractivity contribution in [2.45, 2.75) is 25.9 Å². The maximum Gasteiger partial charge on any atom is 0.266 e. The number of nitrogens with zero attached hydrogens (tertiary/aromatic N) is 1. The summed E-state index contributed by atoms with van der Waals surface area (Å²) in [5, 5.41) is 5.33. The number of fused-ring (bicyclic) bond motifs is 1. The van der Waals surface area contributed by atoms with Crippen molar-refractivity contribution in [2.75, 3.05) is 5.32 Å². The molecule has 3 aromatic rings. The zero-order valence-electron chi connectivity index (χ0n) is 14.3. The molecule has 138 valence electrons. The van der Waals surface area contributed by atoms with Crippen LogP contribution in [0.15, 0.2) is 41.9 Å². The molecule has 4 rings (SSSR count). The van der Waals surface area contributed by atoms with Crippen molar-refractivity contribution in [2.24, 2.45) is 0 Å². The number of nitrogens with one attached hydrogen (secondary N) is 1. The number of aryl methyl sites for hydroxylation is 2. The van der Waals surface area contributed by atoms with Gasteiger partial charge in [-0.2, -0.15) is 0 Å². The van der Waals surface area contributed by atoms with E-state index in [4.69, 9.17) is 27.9 Å². The zero-order chi connectivity index (χ0) is 18.8. The lowest BCUT2D eigenvalue weighted by Gasteiger charge is -2.07. The molecular weight excluding hydrogens is 403 g/mol. The molecule has 0 radical (unpaired) electrons. The summed E-state index contributed by atoms with van der Waals surface area (Å²) in [6.45, 7) is 0.419. The SMILES string of the molecule is O=C(Nc1ncc(Cl)cc1Cl)c1cc(COc2ccc3c(c2)CCC3)cs1. The molecule has 0 bridgehead atoms. The van der Waals surface area contributed by atoms with Crippen molar-refractivity contribution in [3.05, 3.63) is 73.5 Å². The Bertz CT molecular complexity index is 1000. The van der Waals surface area contributed by atoms with E-state index in [9.17, 15) is 4.79 Å². The van der Waals surface area contributed by atoms with Gasteiger partial charge in [-0.15, -0.1) is 11.3 Å². The number of rotatable bonds is 5. The Kier molecular flexibility index (Phi) is 5.34. The van der Waals surface area contributed by atoms with Crippen LogP contribution in [0, 0.1) is 0 Å². The Morgan fingerprint density at radius 2 is 2.04 bits per heavy atom. The number of carbonyl (C=O) groups excluding carboxylic acids is 1. The second kappa shape index (κ2) is 7.89. The first kappa shape index (κ1) is 18.3. The van der Waals surface area contributed by atoms with Gasteiger partial charge in [-0.3, -0.25) is 4.79 Å². The fraction of sp³-hybridized carbons (Fsp3) is 0.200. The average molecular weight is 419 g/mol. The monoisotopic (exact) mass is 418 g/mol. The van der Waals surface area contributed by atoms with Crippen LogP contribution < -0.4 is 10.1 Å². The van der Waals surface area contributed by atoms with Crippen LogP contribution in [0.4, 0.5) is 5.82 Å². The van der Waals surface area contributed by atoms with Crippen molar-refractivity contribution in [3.8, 4) is 5.75 Å². The van der Waals surface area contributed by atoms with Crippen molar-refractivity contribution in [1.29, 1.82) is 0 Å². The number of benzene rings is 1. The largest absolute Gasteiger partial charge is 0.489 e. The average Bonchev–Trinajstić information content (AvgIpc) is 3.31. The number of amides is 1. The molecule has 0 aliphatic heterocycles. The molecule has 0 atom stereocenters. The lowest BCUT2D eigenvalue weighted by Crippen LogP contribution is -2.11. The third-order valence-corrected chi connectivity index (χ3v) is 5.87. The first-order valence-corrected chi connectivity index (χ1v) is 10.2. The molecule has 0 saturated heterocycles. The topological polar surface area (TPSA) is 51.2 Å². The summed E-state index contributed by atoms with van der Waals surface area (Å²) in [5.41, 5.74) is 3.75. The van der Waals surface area contributed by atoms with Gasteiger partial charge in [0.05, 0.1) is 14.9 Å². The van der Waals surface area contributed by atoms with Gasteiger partial charge in [0.25, 0.3) is 5.91 Å². The predicted molar refractivity (Wildman–Crippen MR) is 109 cm³/mol. The standard InChI is InChI=1S/C20H16Cl2N2O2S/c21-15-8-17(22)19(23-9-15)24-20(25)18-6-12(11-27-18)10-26-16-5-4-13-2-1-3-14(13)7-16/h4-9,11H,1-3,10H2,(H,23,24,25). The molecule has 0 spiro atoms. The number of hydrogen-bond donors (Lipinski definition) is 1. The van der Waals surface area contributed by atoms with Crippen LogP contribution in [0.3, 0.4) is 0 Å². The van der Waals surface area contributed by atoms with E-state index < -0.39 is 0 Å². The summed E-state index contributed by atoms with van der Waals surface area (Å²) >= 11 is 13.2. The number of carbonyl (C=O) groups is 1. The third-order valence-electron chi connectivity index (χ3n) is 4.39. The van der Waals surface area contributed by atoms with Gasteiger partial charge in [0.2, 0.25) is 0 Å². The normalized spacial score (nSPS) is 12.7. The van der Waals surface area contributed by atoms with Crippen LogP contribution in [-0.2, 0) is 19.4 Å². The fourth-order valence-electron chi connectivity index (χ4n) is 3.05. The van der Waals surface area contributed by atoms with Crippen molar-refractivity contribution < 1.29 is 9.53 Å². The van der Waals surface area contributed by atoms with Gasteiger partial charge in [-0.25, -0.2) is 4.98 Å². The molecule has 1 N–H and O–H groups in total. The molecule has 1 aliphatic rings. The van der Waals surface area contributed by atoms with Gasteiger partial charge in [0, 0.05) is 11.8 Å². The molecule has 0 unspecified atom stereocenters. The molecule has 1 aromatic carbocycles. The summed E-state index contributed by atoms with van der Waals surface area (Å²) in [4.78, 5) is 17.0. The number of anilines is 1. The summed E-state index contributed by atoms with van der Waals surface area (Å²) < 4.78 is 5.89. The second-order valence-corrected chi connectivity index (χ2v) is 8.08. The Morgan fingerprint density at radius 3 is 2.89 bits per heavy atom. The molecule has 7 heteroatoms. The molecule has 1 aliphatic carbocycles. The molecule has 27 heavy (non-hydrogen) atoms. The van der Waals surface area contributed by atoms with Crippen molar-refractivity contribution in [3.63, 3.8) is 0 Å². The number of pyridine rings is 1. The highest BCUT2D eigenvalue weighted by Crippen LogP contribution is 2.27. The Labute approximate surface area is 171 Å². The maximum atomic E-state index is 12.4. The van der Waals surface area contributed by atoms with Gasteiger partial charge in [0.15, 0.2) is 5.82 Å². The first-order chi connectivity index (χ1) is 13.1. The van der Waals surface area contributed by atoms with Gasteiger partial charge in [0.1, 0.15) is 12.4 Å². The number of thiophene rings is 1. The Morgan fingerprint density at radius 1 is 1.19 bits per heavy atom. The van der Waals surface area contributed by atoms with Gasteiger partial charge in [-0.1, -0.05) is 29.3 Å². The van der Waals surface area contributed by atoms with E-state index in [2.05, 4.69) is 22.4 Å². The lowest BCUT2D eigenvalue weighted by molar-refractivity contribution is 0.103. The van der Waals surface area contributed by atoms with Crippen LogP contribution in [0.25, 0.3) is 0 Å². The fourth-order valence-corrected chi connectivity index (χ4v) is 4.27. The maximum absolute atomic E-state index is 12.4. The van der Waals surface area contributed by atoms with E-state index in [1.54, 1.807) is 0 Å². The van der Waals surface area contributed by atoms with E-state index in [1.807, 2.05) is 17.5 Å². The van der Waals surface area contributed by atoms with Crippen LogP contribution in [0.2, 0.25) is 10.0 Å². The van der Waals surface area contributed by atoms with Gasteiger partial charge >= 0.3 is 0 Å². The lowest BCUT2D eigenvalue weighted by atomic mass is 10.1. The number of hydrogen-bond acceptors (Lipinski definition) is 4. The molecule has 2 heterocycles. The van der Waals surface area contributed by atoms with Gasteiger partial charge in [-0.05, 0) is 60.0 Å². The van der Waals surface area contributed by atoms with Crippen LogP contribution in [-0.4, -0.2) is 10.9 Å². The highest BCUT2D eigenvalue weighted by molar-refractivity contribution is 7.12. The van der Waals surface area contributed by atoms with Crippen molar-refractivity contribution >= 4 is 46.3 Å². The number of ether oxygens (including phenoxy) is 1. The smallest absolute Gasteiger partial charge is 0.266 e. The highest BCUT2D eigenvalue weighted by atomic mass is 35.5. The molecule has 2 aromatic heterocycles. The minimum Gasteiger partial charge on any atom is -0.489 e. The van der Waals surface area contributed by atoms with Crippen LogP contribution in [0.5, 0.6) is 5.75 Å². The summed E-state index contributed by atoms with van der Waals surface area (Å²) in [6, 6.07) is 9.63. The van der Waals surface area contributed by atoms with E-state index in [1.165, 1.54) is 41.1 Å². The molecule has 4 nitrogen and oxygen atoms in total. The quantitative estimate of drug-likeness (QED) is 0.571. The summed E-state index contributed by atoms with van der Waals surface area (Å²) in [6.07, 6.45) is 4.93. The van der Waals surface area contributed by atoms with E-state index in [0.717, 1.165) is 24.2 Å². The summed E-state index contributed by atoms with van der Waals surface area (Å²) in [7, 11) is 0. The van der Waals surface area contributed by atoms with Crippen LogP contribution in [0.1, 0.15) is 32.8 Å². The molecule has 1 amide bonds. The van der Waals surface area contributed by atoms with E-state index in [0.29, 0.717) is 21.5 Å². The van der Waals surface area contributed by atoms with Gasteiger partial charge < -0.3 is 10.1 Å². The third kappa shape index (κ3) is 4.26. The predicted octanol–water partition coefficient (Wildman–Crippen LogP) is 5.77. The summed E-state index contributed by atoms with van der Waals surface area (Å²) in [5.74, 6) is 0.890. The molecule has 0 fully saturated rings.